The normalized spacial score (nSPS) is 10.4. The number of amides is 1. The lowest BCUT2D eigenvalue weighted by Gasteiger charge is -2.10. The standard InChI is InChI=1S/C19H21F2NO3/c1-24-17-7-4-14(12-18(17)25-2)9-10-22-19(23)8-5-13-3-6-15(20)16(21)11-13/h3-4,6-7,11-12H,5,8-10H2,1-2H3,(H,22,23). The van der Waals surface area contributed by atoms with Gasteiger partial charge in [-0.25, -0.2) is 8.78 Å². The lowest BCUT2D eigenvalue weighted by atomic mass is 10.1. The van der Waals surface area contributed by atoms with Gasteiger partial charge >= 0.3 is 0 Å². The molecule has 0 saturated carbocycles. The van der Waals surface area contributed by atoms with Gasteiger partial charge in [0.2, 0.25) is 5.91 Å². The molecule has 25 heavy (non-hydrogen) atoms. The van der Waals surface area contributed by atoms with E-state index in [4.69, 9.17) is 9.47 Å². The van der Waals surface area contributed by atoms with Gasteiger partial charge in [0.15, 0.2) is 23.1 Å². The Morgan fingerprint density at radius 2 is 1.60 bits per heavy atom. The van der Waals surface area contributed by atoms with Gasteiger partial charge in [-0.3, -0.25) is 4.79 Å². The van der Waals surface area contributed by atoms with Crippen molar-refractivity contribution < 1.29 is 23.0 Å². The van der Waals surface area contributed by atoms with E-state index in [9.17, 15) is 13.6 Å². The second-order valence-electron chi connectivity index (χ2n) is 5.54. The van der Waals surface area contributed by atoms with Gasteiger partial charge < -0.3 is 14.8 Å². The molecule has 0 unspecified atom stereocenters. The fourth-order valence-electron chi connectivity index (χ4n) is 2.42. The molecule has 0 aliphatic carbocycles. The lowest BCUT2D eigenvalue weighted by molar-refractivity contribution is -0.121. The van der Waals surface area contributed by atoms with Crippen molar-refractivity contribution >= 4 is 5.91 Å². The minimum absolute atomic E-state index is 0.134. The monoisotopic (exact) mass is 349 g/mol. The van der Waals surface area contributed by atoms with E-state index in [1.807, 2.05) is 18.2 Å². The maximum absolute atomic E-state index is 13.1. The van der Waals surface area contributed by atoms with Crippen LogP contribution in [-0.2, 0) is 17.6 Å². The van der Waals surface area contributed by atoms with Crippen molar-refractivity contribution in [1.82, 2.24) is 5.32 Å². The van der Waals surface area contributed by atoms with Crippen LogP contribution in [-0.4, -0.2) is 26.7 Å². The first-order valence-corrected chi connectivity index (χ1v) is 7.95. The Morgan fingerprint density at radius 3 is 2.28 bits per heavy atom. The van der Waals surface area contributed by atoms with E-state index in [0.29, 0.717) is 36.4 Å². The van der Waals surface area contributed by atoms with Gasteiger partial charge in [-0.2, -0.15) is 0 Å². The summed E-state index contributed by atoms with van der Waals surface area (Å²) in [5, 5.41) is 2.81. The number of carbonyl (C=O) groups excluding carboxylic acids is 1. The average Bonchev–Trinajstić information content (AvgIpc) is 2.62. The highest BCUT2D eigenvalue weighted by Crippen LogP contribution is 2.27. The fraction of sp³-hybridized carbons (Fsp3) is 0.316. The van der Waals surface area contributed by atoms with E-state index in [2.05, 4.69) is 5.32 Å². The molecule has 0 spiro atoms. The zero-order valence-corrected chi connectivity index (χ0v) is 14.3. The Morgan fingerprint density at radius 1 is 0.920 bits per heavy atom. The molecule has 6 heteroatoms. The third-order valence-electron chi connectivity index (χ3n) is 3.81. The van der Waals surface area contributed by atoms with Crippen LogP contribution in [0.25, 0.3) is 0 Å². The minimum atomic E-state index is -0.897. The smallest absolute Gasteiger partial charge is 0.220 e. The molecular weight excluding hydrogens is 328 g/mol. The van der Waals surface area contributed by atoms with E-state index in [1.165, 1.54) is 6.07 Å². The summed E-state index contributed by atoms with van der Waals surface area (Å²) in [5.74, 6) is -0.619. The van der Waals surface area contributed by atoms with E-state index in [1.54, 1.807) is 14.2 Å². The number of carbonyl (C=O) groups is 1. The Balaban J connectivity index is 1.77. The number of aryl methyl sites for hydroxylation is 1. The second kappa shape index (κ2) is 9.01. The molecule has 0 fully saturated rings. The summed E-state index contributed by atoms with van der Waals surface area (Å²) < 4.78 is 36.4. The number of hydrogen-bond donors (Lipinski definition) is 1. The van der Waals surface area contributed by atoms with Crippen LogP contribution in [0.4, 0.5) is 8.78 Å². The zero-order chi connectivity index (χ0) is 18.2. The number of benzene rings is 2. The Bertz CT molecular complexity index is 735. The number of methoxy groups -OCH3 is 2. The first-order chi connectivity index (χ1) is 12.0. The molecule has 2 aromatic rings. The van der Waals surface area contributed by atoms with Crippen LogP contribution in [0, 0.1) is 11.6 Å². The topological polar surface area (TPSA) is 47.6 Å². The quantitative estimate of drug-likeness (QED) is 0.796. The molecule has 1 amide bonds. The van der Waals surface area contributed by atoms with E-state index in [-0.39, 0.29) is 12.3 Å². The van der Waals surface area contributed by atoms with E-state index in [0.717, 1.165) is 17.7 Å². The molecule has 0 radical (unpaired) electrons. The molecule has 0 heterocycles. The summed E-state index contributed by atoms with van der Waals surface area (Å²) in [7, 11) is 3.15. The zero-order valence-electron chi connectivity index (χ0n) is 14.3. The number of rotatable bonds is 8. The van der Waals surface area contributed by atoms with Crippen LogP contribution >= 0.6 is 0 Å². The summed E-state index contributed by atoms with van der Waals surface area (Å²) in [6, 6.07) is 9.27. The number of halogens is 2. The van der Waals surface area contributed by atoms with Crippen molar-refractivity contribution in [2.75, 3.05) is 20.8 Å². The van der Waals surface area contributed by atoms with Gasteiger partial charge in [-0.05, 0) is 48.2 Å². The fourth-order valence-corrected chi connectivity index (χ4v) is 2.42. The van der Waals surface area contributed by atoms with Crippen molar-refractivity contribution in [3.05, 3.63) is 59.2 Å². The maximum atomic E-state index is 13.1. The van der Waals surface area contributed by atoms with Crippen LogP contribution in [0.5, 0.6) is 11.5 Å². The lowest BCUT2D eigenvalue weighted by Crippen LogP contribution is -2.25. The molecule has 0 saturated heterocycles. The number of ether oxygens (including phenoxy) is 2. The van der Waals surface area contributed by atoms with Crippen molar-refractivity contribution in [3.8, 4) is 11.5 Å². The Labute approximate surface area is 145 Å². The Hall–Kier alpha value is -2.63. The van der Waals surface area contributed by atoms with Gasteiger partial charge in [-0.15, -0.1) is 0 Å². The van der Waals surface area contributed by atoms with Crippen molar-refractivity contribution in [3.63, 3.8) is 0 Å². The summed E-state index contributed by atoms with van der Waals surface area (Å²) >= 11 is 0. The number of nitrogens with one attached hydrogen (secondary N) is 1. The van der Waals surface area contributed by atoms with Crippen molar-refractivity contribution in [1.29, 1.82) is 0 Å². The van der Waals surface area contributed by atoms with Gasteiger partial charge in [0.1, 0.15) is 0 Å². The SMILES string of the molecule is COc1ccc(CCNC(=O)CCc2ccc(F)c(F)c2)cc1OC. The molecule has 2 rings (SSSR count). The average molecular weight is 349 g/mol. The minimum Gasteiger partial charge on any atom is -0.493 e. The van der Waals surface area contributed by atoms with Crippen LogP contribution in [0.15, 0.2) is 36.4 Å². The maximum Gasteiger partial charge on any atom is 0.220 e. The third kappa shape index (κ3) is 5.45. The van der Waals surface area contributed by atoms with Crippen molar-refractivity contribution in [2.45, 2.75) is 19.3 Å². The first-order valence-electron chi connectivity index (χ1n) is 7.95. The molecule has 0 aromatic heterocycles. The summed E-state index contributed by atoms with van der Waals surface area (Å²) in [6.45, 7) is 0.478. The van der Waals surface area contributed by atoms with Crippen LogP contribution in [0.1, 0.15) is 17.5 Å². The molecular formula is C19H21F2NO3. The molecule has 134 valence electrons. The molecule has 0 aliphatic heterocycles. The highest BCUT2D eigenvalue weighted by molar-refractivity contribution is 5.76. The van der Waals surface area contributed by atoms with Gasteiger partial charge in [0.05, 0.1) is 14.2 Å². The first kappa shape index (κ1) is 18.7. The van der Waals surface area contributed by atoms with E-state index < -0.39 is 11.6 Å². The predicted molar refractivity (Wildman–Crippen MR) is 90.9 cm³/mol. The number of hydrogen-bond acceptors (Lipinski definition) is 3. The van der Waals surface area contributed by atoms with E-state index >= 15 is 0 Å². The molecule has 0 bridgehead atoms. The third-order valence-corrected chi connectivity index (χ3v) is 3.81. The van der Waals surface area contributed by atoms with Gasteiger partial charge in [0, 0.05) is 13.0 Å². The van der Waals surface area contributed by atoms with Gasteiger partial charge in [-0.1, -0.05) is 12.1 Å². The molecule has 0 atom stereocenters. The summed E-state index contributed by atoms with van der Waals surface area (Å²) in [4.78, 5) is 11.9. The summed E-state index contributed by atoms with van der Waals surface area (Å²) in [5.41, 5.74) is 1.60. The highest BCUT2D eigenvalue weighted by Gasteiger charge is 2.07. The molecule has 2 aromatic carbocycles. The van der Waals surface area contributed by atoms with Crippen LogP contribution < -0.4 is 14.8 Å². The molecule has 0 aliphatic rings. The predicted octanol–water partition coefficient (Wildman–Crippen LogP) is 3.27. The Kier molecular flexibility index (Phi) is 6.74. The molecule has 4 nitrogen and oxygen atoms in total. The van der Waals surface area contributed by atoms with Crippen LogP contribution in [0.2, 0.25) is 0 Å². The highest BCUT2D eigenvalue weighted by atomic mass is 19.2. The molecule has 1 N–H and O–H groups in total. The van der Waals surface area contributed by atoms with Crippen LogP contribution in [0.3, 0.4) is 0 Å². The van der Waals surface area contributed by atoms with Gasteiger partial charge in [0.25, 0.3) is 0 Å². The second-order valence-corrected chi connectivity index (χ2v) is 5.54. The van der Waals surface area contributed by atoms with Crippen molar-refractivity contribution in [2.24, 2.45) is 0 Å². The largest absolute Gasteiger partial charge is 0.493 e. The summed E-state index contributed by atoms with van der Waals surface area (Å²) in [6.07, 6.45) is 1.23.